The monoisotopic (exact) mass is 566 g/mol. The van der Waals surface area contributed by atoms with Crippen molar-refractivity contribution in [3.05, 3.63) is 0 Å². The lowest BCUT2D eigenvalue weighted by Gasteiger charge is -2.26. The van der Waals surface area contributed by atoms with Crippen molar-refractivity contribution in [3.8, 4) is 11.5 Å². The van der Waals surface area contributed by atoms with E-state index in [9.17, 15) is 52.7 Å². The van der Waals surface area contributed by atoms with Gasteiger partial charge in [0, 0.05) is 0 Å². The molecule has 1 aromatic rings. The van der Waals surface area contributed by atoms with Crippen LogP contribution in [0.25, 0.3) is 0 Å². The van der Waals surface area contributed by atoms with Crippen LogP contribution in [-0.4, -0.2) is 35.2 Å². The molecule has 0 amide bonds. The number of rotatable bonds is 8. The fourth-order valence-electron chi connectivity index (χ4n) is 2.00. The van der Waals surface area contributed by atoms with E-state index in [0.717, 1.165) is 13.8 Å². The Labute approximate surface area is 189 Å². The number of ether oxygens (including phenoxy) is 2. The first kappa shape index (κ1) is 29.4. The summed E-state index contributed by atoms with van der Waals surface area (Å²) < 4.78 is 167. The highest BCUT2D eigenvalue weighted by Gasteiger charge is 2.45. The fraction of sp³-hybridized carbons (Fsp3) is 0.571. The molecule has 0 spiro atoms. The van der Waals surface area contributed by atoms with Gasteiger partial charge in [-0.15, -0.1) is 0 Å². The third-order valence-electron chi connectivity index (χ3n) is 2.69. The van der Waals surface area contributed by atoms with E-state index in [1.807, 2.05) is 0 Å². The first-order valence-corrected chi connectivity index (χ1v) is 11.1. The Bertz CT molecular complexity index is 664. The molecule has 0 aliphatic carbocycles. The van der Waals surface area contributed by atoms with Gasteiger partial charge in [-0.3, -0.25) is 0 Å². The molecular formula is C14H10F12O2S4. The van der Waals surface area contributed by atoms with Gasteiger partial charge in [0.15, 0.2) is 0 Å². The van der Waals surface area contributed by atoms with Crippen molar-refractivity contribution in [2.24, 2.45) is 0 Å². The van der Waals surface area contributed by atoms with Gasteiger partial charge in [0.1, 0.15) is 11.5 Å². The predicted molar refractivity (Wildman–Crippen MR) is 96.4 cm³/mol. The summed E-state index contributed by atoms with van der Waals surface area (Å²) in [6, 6.07) is 0. The van der Waals surface area contributed by atoms with Crippen molar-refractivity contribution in [3.63, 3.8) is 0 Å². The number of hydrogen-bond donors (Lipinski definition) is 0. The Morgan fingerprint density at radius 2 is 0.656 bits per heavy atom. The Balaban J connectivity index is 4.19. The summed E-state index contributed by atoms with van der Waals surface area (Å²) in [4.78, 5) is -5.99. The van der Waals surface area contributed by atoms with E-state index in [2.05, 4.69) is 0 Å². The topological polar surface area (TPSA) is 18.5 Å². The zero-order valence-electron chi connectivity index (χ0n) is 15.4. The van der Waals surface area contributed by atoms with Crippen molar-refractivity contribution in [2.45, 2.75) is 55.5 Å². The highest BCUT2D eigenvalue weighted by molar-refractivity contribution is 8.04. The van der Waals surface area contributed by atoms with Gasteiger partial charge < -0.3 is 9.47 Å². The molecule has 1 aromatic carbocycles. The van der Waals surface area contributed by atoms with E-state index in [4.69, 9.17) is 9.47 Å². The Morgan fingerprint density at radius 3 is 0.781 bits per heavy atom. The van der Waals surface area contributed by atoms with Gasteiger partial charge in [-0.1, -0.05) is 0 Å². The Kier molecular flexibility index (Phi) is 9.88. The van der Waals surface area contributed by atoms with E-state index in [-0.39, 0.29) is 0 Å². The second kappa shape index (κ2) is 10.8. The molecule has 0 atom stereocenters. The molecule has 0 heterocycles. The molecule has 0 saturated heterocycles. The number of benzene rings is 1. The van der Waals surface area contributed by atoms with Crippen LogP contribution in [0.1, 0.15) is 13.8 Å². The van der Waals surface area contributed by atoms with Gasteiger partial charge in [-0.05, 0) is 60.9 Å². The smallest absolute Gasteiger partial charge is 0.446 e. The molecule has 18 heteroatoms. The molecule has 0 radical (unpaired) electrons. The minimum absolute atomic E-state index is 0.656. The fourth-order valence-corrected chi connectivity index (χ4v) is 5.31. The number of alkyl halides is 12. The van der Waals surface area contributed by atoms with Crippen molar-refractivity contribution < 1.29 is 62.2 Å². The lowest BCUT2D eigenvalue weighted by molar-refractivity contribution is -0.0354. The van der Waals surface area contributed by atoms with Gasteiger partial charge in [0.05, 0.1) is 32.8 Å². The van der Waals surface area contributed by atoms with Gasteiger partial charge in [0.25, 0.3) is 0 Å². The summed E-state index contributed by atoms with van der Waals surface area (Å²) in [6.45, 7) is 0.843. The third kappa shape index (κ3) is 9.70. The van der Waals surface area contributed by atoms with Crippen LogP contribution in [0.5, 0.6) is 11.5 Å². The summed E-state index contributed by atoms with van der Waals surface area (Å²) in [5.41, 5.74) is -21.3. The molecule has 0 aliphatic rings. The number of halogens is 12. The molecule has 186 valence electrons. The van der Waals surface area contributed by atoms with E-state index in [0.29, 0.717) is 0 Å². The van der Waals surface area contributed by atoms with Crippen molar-refractivity contribution in [2.75, 3.05) is 13.2 Å². The number of thioether (sulfide) groups is 4. The molecule has 0 bridgehead atoms. The molecule has 0 fully saturated rings. The third-order valence-corrected chi connectivity index (χ3v) is 6.24. The Hall–Kier alpha value is -0.620. The first-order chi connectivity index (χ1) is 14.3. The summed E-state index contributed by atoms with van der Waals surface area (Å²) in [6.07, 6.45) is 0. The maximum atomic E-state index is 13.1. The quantitative estimate of drug-likeness (QED) is 0.229. The lowest BCUT2D eigenvalue weighted by Crippen LogP contribution is -2.12. The molecule has 32 heavy (non-hydrogen) atoms. The zero-order chi connectivity index (χ0) is 25.1. The van der Waals surface area contributed by atoms with Crippen LogP contribution in [0.4, 0.5) is 52.7 Å². The van der Waals surface area contributed by atoms with Gasteiger partial charge in [-0.25, -0.2) is 0 Å². The molecule has 0 saturated carbocycles. The van der Waals surface area contributed by atoms with E-state index < -0.39 is 113 Å². The lowest BCUT2D eigenvalue weighted by atomic mass is 10.3. The minimum Gasteiger partial charge on any atom is -0.491 e. The maximum absolute atomic E-state index is 13.1. The summed E-state index contributed by atoms with van der Waals surface area (Å²) in [5.74, 6) is -2.83. The normalized spacial score (nSPS) is 13.4. The van der Waals surface area contributed by atoms with Gasteiger partial charge >= 0.3 is 22.0 Å². The minimum atomic E-state index is -5.32. The Morgan fingerprint density at radius 1 is 0.469 bits per heavy atom. The molecular weight excluding hydrogens is 556 g/mol. The molecule has 0 unspecified atom stereocenters. The first-order valence-electron chi connectivity index (χ1n) is 7.80. The van der Waals surface area contributed by atoms with Crippen LogP contribution in [0.2, 0.25) is 0 Å². The van der Waals surface area contributed by atoms with Crippen LogP contribution in [0, 0.1) is 0 Å². The maximum Gasteiger partial charge on any atom is 0.446 e. The van der Waals surface area contributed by atoms with Crippen LogP contribution in [-0.2, 0) is 0 Å². The average molecular weight is 566 g/mol. The van der Waals surface area contributed by atoms with Crippen LogP contribution < -0.4 is 9.47 Å². The number of hydrogen-bond acceptors (Lipinski definition) is 6. The van der Waals surface area contributed by atoms with Crippen molar-refractivity contribution in [1.82, 2.24) is 0 Å². The largest absolute Gasteiger partial charge is 0.491 e. The average Bonchev–Trinajstić information content (AvgIpc) is 2.53. The molecule has 1 rings (SSSR count). The summed E-state index contributed by atoms with van der Waals surface area (Å²) in [7, 11) is 0. The molecule has 2 nitrogen and oxygen atoms in total. The molecule has 0 N–H and O–H groups in total. The second-order valence-electron chi connectivity index (χ2n) is 5.03. The van der Waals surface area contributed by atoms with Gasteiger partial charge in [-0.2, -0.15) is 52.7 Å². The molecule has 0 aromatic heterocycles. The zero-order valence-corrected chi connectivity index (χ0v) is 18.7. The standard InChI is InChI=1S/C14H10F12O2S4/c1-3-27-5-7(29-11(15,16)17)9(31-13(21,22)23)6(28-4-2)10(32-14(24,25)26)8(5)30-12(18,19)20/h3-4H2,1-2H3. The predicted octanol–water partition coefficient (Wildman–Crippen LogP) is 8.93. The summed E-state index contributed by atoms with van der Waals surface area (Å²) >= 11 is -5.02. The highest BCUT2D eigenvalue weighted by atomic mass is 32.2. The van der Waals surface area contributed by atoms with Crippen LogP contribution in [0.3, 0.4) is 0 Å². The van der Waals surface area contributed by atoms with E-state index >= 15 is 0 Å². The van der Waals surface area contributed by atoms with Crippen molar-refractivity contribution in [1.29, 1.82) is 0 Å². The van der Waals surface area contributed by atoms with Crippen molar-refractivity contribution >= 4 is 47.0 Å². The highest BCUT2D eigenvalue weighted by Crippen LogP contribution is 2.62. The van der Waals surface area contributed by atoms with E-state index in [1.165, 1.54) is 0 Å². The molecule has 0 aliphatic heterocycles. The summed E-state index contributed by atoms with van der Waals surface area (Å²) in [5, 5.41) is 0. The SMILES string of the molecule is CCOc1c(SC(F)(F)F)c(SC(F)(F)F)c(OCC)c(SC(F)(F)F)c1SC(F)(F)F. The van der Waals surface area contributed by atoms with Gasteiger partial charge in [0.2, 0.25) is 0 Å². The second-order valence-corrected chi connectivity index (χ2v) is 9.33. The van der Waals surface area contributed by atoms with Crippen LogP contribution >= 0.6 is 47.0 Å². The van der Waals surface area contributed by atoms with Crippen LogP contribution in [0.15, 0.2) is 19.6 Å². The van der Waals surface area contributed by atoms with E-state index in [1.54, 1.807) is 0 Å².